The van der Waals surface area contributed by atoms with Gasteiger partial charge in [0.05, 0.1) is 0 Å². The Labute approximate surface area is 504 Å². The molecule has 0 aliphatic rings. The molecule has 0 saturated carbocycles. The molecule has 0 fully saturated rings. The molecule has 1 unspecified atom stereocenters. The molecule has 82 heavy (non-hydrogen) atoms. The summed E-state index contributed by atoms with van der Waals surface area (Å²) in [6, 6.07) is 0. The summed E-state index contributed by atoms with van der Waals surface area (Å²) in [6.45, 7) is 6.33. The second kappa shape index (κ2) is 68.3. The first-order chi connectivity index (χ1) is 40.5. The van der Waals surface area contributed by atoms with Crippen molar-refractivity contribution in [1.29, 1.82) is 0 Å². The number of carbonyl (C=O) groups is 3. The highest BCUT2D eigenvalue weighted by molar-refractivity contribution is 5.71. The van der Waals surface area contributed by atoms with Gasteiger partial charge in [0.2, 0.25) is 0 Å². The number of rotatable bonds is 58. The zero-order valence-corrected chi connectivity index (χ0v) is 52.7. The molecule has 0 radical (unpaired) electrons. The van der Waals surface area contributed by atoms with E-state index in [1.807, 2.05) is 0 Å². The third-order valence-corrected chi connectivity index (χ3v) is 13.4. The summed E-state index contributed by atoms with van der Waals surface area (Å²) in [7, 11) is 0. The first kappa shape index (κ1) is 76.8. The second-order valence-electron chi connectivity index (χ2n) is 21.3. The smallest absolute Gasteiger partial charge is 0.306 e. The van der Waals surface area contributed by atoms with Gasteiger partial charge in [0, 0.05) is 19.3 Å². The van der Waals surface area contributed by atoms with Crippen molar-refractivity contribution in [2.24, 2.45) is 0 Å². The van der Waals surface area contributed by atoms with Gasteiger partial charge in [-0.15, -0.1) is 0 Å². The maximum absolute atomic E-state index is 12.9. The SMILES string of the molecule is CC/C=C\C/C=C\C/C=C\C/C=C\C/C=C\C/C=C\CCCCCCCCCCC(=O)OCC(COC(=O)CCCCCCC/C=C\C/C=C\CCCC)OC(=O)CCCCCC/C=C\C/C=C\C/C=C\C/C=C\C/C=C\C/C=C\CC. The molecule has 0 rings (SSSR count). The number of allylic oxidation sites excluding steroid dienone is 28. The van der Waals surface area contributed by atoms with Gasteiger partial charge in [-0.3, -0.25) is 14.4 Å². The molecule has 0 aromatic heterocycles. The van der Waals surface area contributed by atoms with Gasteiger partial charge in [0.25, 0.3) is 0 Å². The van der Waals surface area contributed by atoms with Crippen molar-refractivity contribution in [1.82, 2.24) is 0 Å². The molecule has 0 heterocycles. The lowest BCUT2D eigenvalue weighted by Crippen LogP contribution is -2.30. The number of esters is 3. The van der Waals surface area contributed by atoms with Gasteiger partial charge >= 0.3 is 17.9 Å². The lowest BCUT2D eigenvalue weighted by molar-refractivity contribution is -0.167. The molecule has 0 amide bonds. The number of hydrogen-bond acceptors (Lipinski definition) is 6. The van der Waals surface area contributed by atoms with Gasteiger partial charge < -0.3 is 14.2 Å². The van der Waals surface area contributed by atoms with Crippen molar-refractivity contribution < 1.29 is 28.6 Å². The number of hydrogen-bond donors (Lipinski definition) is 0. The van der Waals surface area contributed by atoms with Crippen molar-refractivity contribution in [3.8, 4) is 0 Å². The molecule has 0 aromatic rings. The zero-order chi connectivity index (χ0) is 59.2. The average Bonchev–Trinajstić information content (AvgIpc) is 3.48. The van der Waals surface area contributed by atoms with Crippen molar-refractivity contribution in [3.63, 3.8) is 0 Å². The fourth-order valence-corrected chi connectivity index (χ4v) is 8.52. The molecule has 0 spiro atoms. The van der Waals surface area contributed by atoms with Crippen LogP contribution in [0.25, 0.3) is 0 Å². The fourth-order valence-electron chi connectivity index (χ4n) is 8.52. The zero-order valence-electron chi connectivity index (χ0n) is 52.7. The largest absolute Gasteiger partial charge is 0.462 e. The topological polar surface area (TPSA) is 78.9 Å². The Balaban J connectivity index is 4.45. The summed E-state index contributed by atoms with van der Waals surface area (Å²) in [4.78, 5) is 38.4. The minimum Gasteiger partial charge on any atom is -0.462 e. The van der Waals surface area contributed by atoms with Crippen LogP contribution in [0, 0.1) is 0 Å². The highest BCUT2D eigenvalue weighted by Gasteiger charge is 2.19. The van der Waals surface area contributed by atoms with Crippen LogP contribution in [0.4, 0.5) is 0 Å². The Kier molecular flexibility index (Phi) is 63.9. The summed E-state index contributed by atoms with van der Waals surface area (Å²) in [5.41, 5.74) is 0. The van der Waals surface area contributed by atoms with E-state index in [2.05, 4.69) is 191 Å². The Morgan fingerprint density at radius 2 is 0.476 bits per heavy atom. The van der Waals surface area contributed by atoms with Crippen LogP contribution in [0.2, 0.25) is 0 Å². The predicted octanol–water partition coefficient (Wildman–Crippen LogP) is 23.0. The van der Waals surface area contributed by atoms with E-state index in [4.69, 9.17) is 14.2 Å². The first-order valence-corrected chi connectivity index (χ1v) is 33.1. The molecule has 0 aliphatic carbocycles. The molecular formula is C76H120O6. The molecule has 6 nitrogen and oxygen atoms in total. The van der Waals surface area contributed by atoms with Crippen LogP contribution in [0.1, 0.15) is 271 Å². The third kappa shape index (κ3) is 65.6. The minimum absolute atomic E-state index is 0.105. The highest BCUT2D eigenvalue weighted by atomic mass is 16.6. The molecule has 0 N–H and O–H groups in total. The molecule has 1 atom stereocenters. The van der Waals surface area contributed by atoms with Gasteiger partial charge in [-0.05, 0) is 148 Å². The van der Waals surface area contributed by atoms with E-state index in [0.29, 0.717) is 12.8 Å². The number of ether oxygens (including phenoxy) is 3. The molecule has 0 bridgehead atoms. The molecule has 0 saturated heterocycles. The van der Waals surface area contributed by atoms with E-state index >= 15 is 0 Å². The Morgan fingerprint density at radius 1 is 0.256 bits per heavy atom. The average molecular weight is 1130 g/mol. The highest BCUT2D eigenvalue weighted by Crippen LogP contribution is 2.14. The van der Waals surface area contributed by atoms with Crippen LogP contribution in [0.3, 0.4) is 0 Å². The van der Waals surface area contributed by atoms with E-state index in [-0.39, 0.29) is 37.5 Å². The van der Waals surface area contributed by atoms with Crippen LogP contribution in [-0.2, 0) is 28.6 Å². The van der Waals surface area contributed by atoms with Gasteiger partial charge in [-0.25, -0.2) is 0 Å². The normalized spacial score (nSPS) is 13.3. The second-order valence-corrected chi connectivity index (χ2v) is 21.3. The van der Waals surface area contributed by atoms with E-state index < -0.39 is 6.10 Å². The number of unbranched alkanes of at least 4 members (excludes halogenated alkanes) is 19. The molecule has 6 heteroatoms. The predicted molar refractivity (Wildman–Crippen MR) is 357 cm³/mol. The van der Waals surface area contributed by atoms with Crippen molar-refractivity contribution in [3.05, 3.63) is 170 Å². The third-order valence-electron chi connectivity index (χ3n) is 13.4. The van der Waals surface area contributed by atoms with Gasteiger partial charge in [0.1, 0.15) is 13.2 Å². The van der Waals surface area contributed by atoms with E-state index in [1.165, 1.54) is 51.4 Å². The summed E-state index contributed by atoms with van der Waals surface area (Å²) < 4.78 is 16.9. The molecule has 0 aliphatic heterocycles. The van der Waals surface area contributed by atoms with Crippen LogP contribution < -0.4 is 0 Å². The quantitative estimate of drug-likeness (QED) is 0.0261. The number of carbonyl (C=O) groups excluding carboxylic acids is 3. The van der Waals surface area contributed by atoms with E-state index in [9.17, 15) is 14.4 Å². The lowest BCUT2D eigenvalue weighted by atomic mass is 10.1. The van der Waals surface area contributed by atoms with Gasteiger partial charge in [0.15, 0.2) is 6.10 Å². The van der Waals surface area contributed by atoms with Crippen LogP contribution in [0.5, 0.6) is 0 Å². The Bertz CT molecular complexity index is 1870. The van der Waals surface area contributed by atoms with Crippen LogP contribution in [0.15, 0.2) is 170 Å². The Morgan fingerprint density at radius 3 is 0.744 bits per heavy atom. The van der Waals surface area contributed by atoms with Crippen molar-refractivity contribution in [2.75, 3.05) is 13.2 Å². The standard InChI is InChI=1S/C76H120O6/c1-4-7-10-13-16-19-22-25-28-30-32-34-36-37-38-39-41-42-44-46-48-51-54-57-60-63-66-69-75(78)81-72-73(71-80-74(77)68-65-62-59-56-53-50-27-24-21-18-15-12-9-6-3)82-76(79)70-67-64-61-58-55-52-49-47-45-43-40-35-33-31-29-26-23-20-17-14-11-8-5-2/h7-8,10-11,15-20,24-29,32-35,37-38,41-43,45,49,52,73H,4-6,9,12-14,21-23,30-31,36,39-40,44,46-48,50-51,53-72H2,1-3H3/b10-7-,11-8-,18-15-,19-16-,20-17-,27-24-,28-25-,29-26-,34-32-,35-33-,38-37-,42-41-,45-43-,52-49-. The summed E-state index contributed by atoms with van der Waals surface area (Å²) in [6.07, 6.45) is 101. The molecule has 0 aromatic carbocycles. The summed E-state index contributed by atoms with van der Waals surface area (Å²) >= 11 is 0. The van der Waals surface area contributed by atoms with Crippen LogP contribution in [-0.4, -0.2) is 37.2 Å². The van der Waals surface area contributed by atoms with Gasteiger partial charge in [-0.1, -0.05) is 274 Å². The summed E-state index contributed by atoms with van der Waals surface area (Å²) in [5, 5.41) is 0. The Hall–Kier alpha value is -5.23. The van der Waals surface area contributed by atoms with Gasteiger partial charge in [-0.2, -0.15) is 0 Å². The van der Waals surface area contributed by atoms with E-state index in [1.54, 1.807) is 0 Å². The summed E-state index contributed by atoms with van der Waals surface area (Å²) in [5.74, 6) is -0.955. The van der Waals surface area contributed by atoms with Crippen LogP contribution >= 0.6 is 0 Å². The first-order valence-electron chi connectivity index (χ1n) is 33.1. The lowest BCUT2D eigenvalue weighted by Gasteiger charge is -2.18. The maximum Gasteiger partial charge on any atom is 0.306 e. The van der Waals surface area contributed by atoms with E-state index in [0.717, 1.165) is 180 Å². The fraction of sp³-hybridized carbons (Fsp3) is 0.592. The molecule has 460 valence electrons. The molecular weight excluding hydrogens is 1010 g/mol. The van der Waals surface area contributed by atoms with Crippen molar-refractivity contribution in [2.45, 2.75) is 277 Å². The van der Waals surface area contributed by atoms with Crippen molar-refractivity contribution >= 4 is 17.9 Å². The maximum atomic E-state index is 12.9. The monoisotopic (exact) mass is 1130 g/mol. The minimum atomic E-state index is -0.812.